The summed E-state index contributed by atoms with van der Waals surface area (Å²) in [5.41, 5.74) is 8.49. The van der Waals surface area contributed by atoms with Gasteiger partial charge in [-0.15, -0.1) is 21.5 Å². The van der Waals surface area contributed by atoms with Crippen LogP contribution in [0.15, 0.2) is 77.0 Å². The number of aryl methyl sites for hydroxylation is 1. The van der Waals surface area contributed by atoms with E-state index in [0.717, 1.165) is 58.2 Å². The highest BCUT2D eigenvalue weighted by Gasteiger charge is 2.44. The van der Waals surface area contributed by atoms with Crippen LogP contribution in [0.4, 0.5) is 14.7 Å². The summed E-state index contributed by atoms with van der Waals surface area (Å²) < 4.78 is 36.4. The number of halogens is 2. The number of thiazole rings is 1. The zero-order valence-corrected chi connectivity index (χ0v) is 37.5. The van der Waals surface area contributed by atoms with E-state index in [4.69, 9.17) is 14.5 Å². The lowest BCUT2D eigenvalue weighted by molar-refractivity contribution is -0.141. The van der Waals surface area contributed by atoms with Crippen LogP contribution in [0.1, 0.15) is 93.1 Å². The zero-order chi connectivity index (χ0) is 46.0. The van der Waals surface area contributed by atoms with E-state index >= 15 is 0 Å². The monoisotopic (exact) mass is 914 g/mol. The van der Waals surface area contributed by atoms with E-state index in [1.54, 1.807) is 35.9 Å². The van der Waals surface area contributed by atoms with Crippen LogP contribution in [0.25, 0.3) is 44.0 Å². The number of rotatable bonds is 12. The van der Waals surface area contributed by atoms with E-state index in [9.17, 15) is 28.6 Å². The van der Waals surface area contributed by atoms with Gasteiger partial charge >= 0.3 is 0 Å². The summed E-state index contributed by atoms with van der Waals surface area (Å²) in [6, 6.07) is 14.2. The Kier molecular flexibility index (Phi) is 11.3. The van der Waals surface area contributed by atoms with Gasteiger partial charge in [0.05, 0.1) is 39.4 Å². The van der Waals surface area contributed by atoms with Gasteiger partial charge in [0.1, 0.15) is 34.7 Å². The molecule has 7 heterocycles. The van der Waals surface area contributed by atoms with Crippen molar-refractivity contribution in [3.8, 4) is 38.7 Å². The molecule has 2 saturated heterocycles. The number of aliphatic hydroxyl groups excluding tert-OH is 1. The van der Waals surface area contributed by atoms with E-state index < -0.39 is 35.4 Å². The number of nitrogens with zero attached hydrogens (tertiary/aromatic N) is 9. The summed E-state index contributed by atoms with van der Waals surface area (Å²) >= 11 is 1.58. The van der Waals surface area contributed by atoms with Crippen LogP contribution in [0.2, 0.25) is 0 Å². The second-order valence-corrected chi connectivity index (χ2v) is 18.9. The van der Waals surface area contributed by atoms with Crippen LogP contribution >= 0.6 is 11.3 Å². The van der Waals surface area contributed by atoms with Gasteiger partial charge in [-0.25, -0.2) is 23.7 Å². The van der Waals surface area contributed by atoms with E-state index in [1.165, 1.54) is 4.90 Å². The fourth-order valence-electron chi connectivity index (χ4n) is 9.47. The van der Waals surface area contributed by atoms with Gasteiger partial charge in [0.2, 0.25) is 17.8 Å². The fraction of sp³-hybridized carbons (Fsp3) is 0.375. The molecule has 0 spiro atoms. The maximum Gasteiger partial charge on any atom is 0.243 e. The second-order valence-electron chi connectivity index (χ2n) is 18.0. The highest BCUT2D eigenvalue weighted by atomic mass is 32.1. The molecule has 2 amide bonds. The number of anilines is 1. The summed E-state index contributed by atoms with van der Waals surface area (Å²) in [5, 5.41) is 37.1. The Labute approximate surface area is 382 Å². The minimum Gasteiger partial charge on any atom is -0.504 e. The summed E-state index contributed by atoms with van der Waals surface area (Å²) in [6.07, 6.45) is 5.44. The van der Waals surface area contributed by atoms with Gasteiger partial charge < -0.3 is 34.4 Å². The lowest BCUT2D eigenvalue weighted by atomic mass is 9.91. The molecule has 0 unspecified atom stereocenters. The minimum absolute atomic E-state index is 0.0210. The van der Waals surface area contributed by atoms with Gasteiger partial charge in [0.15, 0.2) is 11.6 Å². The first-order valence-corrected chi connectivity index (χ1v) is 23.1. The number of phenols is 1. The lowest BCUT2D eigenvalue weighted by Gasteiger charge is -2.29. The first-order chi connectivity index (χ1) is 31.8. The van der Waals surface area contributed by atoms with E-state index in [0.29, 0.717) is 47.6 Å². The van der Waals surface area contributed by atoms with Crippen molar-refractivity contribution in [3.63, 3.8) is 0 Å². The highest BCUT2D eigenvalue weighted by Crippen LogP contribution is 2.44. The third kappa shape index (κ3) is 8.16. The number of aromatic nitrogens is 7. The predicted octanol–water partition coefficient (Wildman–Crippen LogP) is 7.87. The van der Waals surface area contributed by atoms with Crippen molar-refractivity contribution >= 4 is 40.1 Å². The third-order valence-corrected chi connectivity index (χ3v) is 14.1. The molecule has 5 atom stereocenters. The molecule has 5 aromatic heterocycles. The molecule has 15 nitrogen and oxygen atoms in total. The van der Waals surface area contributed by atoms with E-state index in [2.05, 4.69) is 35.1 Å². The summed E-state index contributed by atoms with van der Waals surface area (Å²) in [5.74, 6) is -3.20. The Morgan fingerprint density at radius 3 is 2.41 bits per heavy atom. The van der Waals surface area contributed by atoms with Crippen LogP contribution < -0.4 is 10.2 Å². The highest BCUT2D eigenvalue weighted by molar-refractivity contribution is 7.13. The van der Waals surface area contributed by atoms with Gasteiger partial charge in [-0.1, -0.05) is 43.3 Å². The number of phenolic OH excluding ortho intramolecular Hbond substituents is 1. The van der Waals surface area contributed by atoms with Crippen LogP contribution in [-0.2, 0) is 9.59 Å². The molecule has 2 aliphatic heterocycles. The lowest BCUT2D eigenvalue weighted by Crippen LogP contribution is -2.48. The molecule has 3 N–H and O–H groups in total. The molecule has 2 aromatic carbocycles. The number of aromatic hydroxyl groups is 1. The summed E-state index contributed by atoms with van der Waals surface area (Å²) in [6.45, 7) is 9.06. The fourth-order valence-corrected chi connectivity index (χ4v) is 10.3. The number of nitrogens with one attached hydrogen (secondary N) is 1. The predicted molar refractivity (Wildman–Crippen MR) is 242 cm³/mol. The maximum absolute atomic E-state index is 14.3. The number of carbonyl (C=O) groups excluding carboxylic acids is 2. The number of amides is 2. The number of carbonyl (C=O) groups is 2. The molecular weight excluding hydrogens is 867 g/mol. The average molecular weight is 915 g/mol. The smallest absolute Gasteiger partial charge is 0.243 e. The van der Waals surface area contributed by atoms with Crippen LogP contribution in [0.5, 0.6) is 5.75 Å². The molecule has 1 aliphatic carbocycles. The van der Waals surface area contributed by atoms with Crippen molar-refractivity contribution in [1.82, 2.24) is 45.1 Å². The van der Waals surface area contributed by atoms with Gasteiger partial charge in [0.25, 0.3) is 0 Å². The van der Waals surface area contributed by atoms with E-state index in [1.807, 2.05) is 63.5 Å². The molecule has 10 rings (SSSR count). The molecule has 3 aliphatic rings. The van der Waals surface area contributed by atoms with Crippen molar-refractivity contribution in [1.29, 1.82) is 0 Å². The number of fused-ring (bicyclic) bond motifs is 1. The van der Waals surface area contributed by atoms with Crippen LogP contribution in [-0.4, -0.2) is 93.6 Å². The van der Waals surface area contributed by atoms with Gasteiger partial charge in [-0.2, -0.15) is 0 Å². The number of aliphatic hydroxyl groups is 1. The van der Waals surface area contributed by atoms with Crippen molar-refractivity contribution in [2.45, 2.75) is 89.4 Å². The molecule has 18 heteroatoms. The van der Waals surface area contributed by atoms with Gasteiger partial charge in [-0.3, -0.25) is 9.59 Å². The zero-order valence-electron chi connectivity index (χ0n) is 36.7. The summed E-state index contributed by atoms with van der Waals surface area (Å²) in [4.78, 5) is 46.5. The Bertz CT molecular complexity index is 2950. The van der Waals surface area contributed by atoms with Crippen molar-refractivity contribution in [3.05, 3.63) is 107 Å². The molecular formula is C48H48F2N10O5S. The topological polar surface area (TPSA) is 189 Å². The first kappa shape index (κ1) is 43.2. The minimum atomic E-state index is -1.06. The normalized spacial score (nSPS) is 19.5. The van der Waals surface area contributed by atoms with Crippen molar-refractivity contribution in [2.24, 2.45) is 5.92 Å². The molecule has 1 saturated carbocycles. The Balaban J connectivity index is 0.810. The number of β-amino-alcohol motifs (C(OH)–C–C–N with tert-alkyl or cyclic N) is 1. The van der Waals surface area contributed by atoms with Crippen molar-refractivity contribution in [2.75, 3.05) is 24.5 Å². The average Bonchev–Trinajstić information content (AvgIpc) is 3.82. The molecule has 340 valence electrons. The van der Waals surface area contributed by atoms with Gasteiger partial charge in [-0.05, 0) is 68.4 Å². The molecule has 0 bridgehead atoms. The first-order valence-electron chi connectivity index (χ1n) is 22.2. The number of hydrogen-bond acceptors (Lipinski definition) is 13. The second kappa shape index (κ2) is 17.3. The Morgan fingerprint density at radius 1 is 0.924 bits per heavy atom. The molecule has 0 radical (unpaired) electrons. The third-order valence-electron chi connectivity index (χ3n) is 13.1. The molecule has 7 aromatic rings. The SMILES string of the molecule is Cc1ncsc1-c1ccc([C@H](C)NC(=O)[C@@H]2C[C@@H](O)CN2C(=O)[C@@H](c2cc(-c3cnc(N4CC[C@@H](c5cc6nnc(-c7cc(F)cc(F)c7O)cc6n5C5CC5)C4)nc3)no2)C(C)C)cc1. The number of hydrogen-bond donors (Lipinski definition) is 3. The quantitative estimate of drug-likeness (QED) is 0.108. The summed E-state index contributed by atoms with van der Waals surface area (Å²) in [7, 11) is 0. The largest absolute Gasteiger partial charge is 0.504 e. The Morgan fingerprint density at radius 2 is 1.70 bits per heavy atom. The standard InChI is InChI=1S/C48H48F2N10O5S/c1-24(2)43(47(64)59-22-33(61)15-41(59)46(63)54-25(3)27-5-7-28(8-6-27)45-26(4)53-23-66-45)42-18-36(57-65-42)30-19-51-48(52-20-30)58-12-11-29(21-58)39-17-38-40(60(39)32-9-10-32)16-37(55-56-38)34-13-31(49)14-35(50)44(34)62/h5-8,13-14,16-20,23-25,29,32-33,41,43,61-62H,9-12,15,21-22H2,1-4H3,(H,54,63)/t25-,29+,33+,41-,43+/m0/s1. The van der Waals surface area contributed by atoms with Crippen molar-refractivity contribution < 1.29 is 33.1 Å². The van der Waals surface area contributed by atoms with Crippen LogP contribution in [0, 0.1) is 24.5 Å². The number of likely N-dealkylation sites (tertiary alicyclic amines) is 1. The number of benzene rings is 2. The van der Waals surface area contributed by atoms with E-state index in [-0.39, 0.29) is 60.0 Å². The Hall–Kier alpha value is -6.66. The van der Waals surface area contributed by atoms with Gasteiger partial charge in [0, 0.05) is 79.4 Å². The molecule has 3 fully saturated rings. The maximum atomic E-state index is 14.3. The molecule has 66 heavy (non-hydrogen) atoms. The van der Waals surface area contributed by atoms with Crippen LogP contribution in [0.3, 0.4) is 0 Å².